The van der Waals surface area contributed by atoms with Crippen molar-refractivity contribution in [3.05, 3.63) is 53.1 Å². The zero-order valence-electron chi connectivity index (χ0n) is 20.0. The van der Waals surface area contributed by atoms with Gasteiger partial charge < -0.3 is 14.4 Å². The summed E-state index contributed by atoms with van der Waals surface area (Å²) in [4.78, 5) is 39.6. The summed E-state index contributed by atoms with van der Waals surface area (Å²) in [6.45, 7) is 3.40. The lowest BCUT2D eigenvalue weighted by molar-refractivity contribution is 0.0598. The van der Waals surface area contributed by atoms with Gasteiger partial charge in [0.2, 0.25) is 0 Å². The summed E-state index contributed by atoms with van der Waals surface area (Å²) in [6, 6.07) is 8.14. The van der Waals surface area contributed by atoms with E-state index in [4.69, 9.17) is 9.47 Å². The Morgan fingerprint density at radius 1 is 0.971 bits per heavy atom. The van der Waals surface area contributed by atoms with Crippen molar-refractivity contribution in [3.63, 3.8) is 0 Å². The number of methoxy groups -OCH3 is 2. The third-order valence-electron chi connectivity index (χ3n) is 5.81. The third kappa shape index (κ3) is 6.15. The zero-order chi connectivity index (χ0) is 25.8. The molecule has 1 saturated heterocycles. The van der Waals surface area contributed by atoms with E-state index in [0.717, 1.165) is 12.8 Å². The minimum absolute atomic E-state index is 0.0268. The molecule has 0 atom stereocenters. The zero-order valence-corrected chi connectivity index (χ0v) is 21.6. The molecule has 2 aromatic rings. The van der Waals surface area contributed by atoms with Gasteiger partial charge in [-0.2, -0.15) is 0 Å². The highest BCUT2D eigenvalue weighted by Crippen LogP contribution is 2.28. The Morgan fingerprint density at radius 3 is 2.06 bits per heavy atom. The average Bonchev–Trinajstić information content (AvgIpc) is 2.86. The number of rotatable bonds is 7. The van der Waals surface area contributed by atoms with E-state index in [2.05, 4.69) is 11.6 Å². The van der Waals surface area contributed by atoms with Crippen LogP contribution in [0.2, 0.25) is 0 Å². The molecule has 1 aliphatic rings. The van der Waals surface area contributed by atoms with E-state index in [9.17, 15) is 22.8 Å². The molecule has 0 unspecified atom stereocenters. The number of carbonyl (C=O) groups is 3. The molecule has 0 bridgehead atoms. The summed E-state index contributed by atoms with van der Waals surface area (Å²) >= 11 is 1.36. The van der Waals surface area contributed by atoms with E-state index in [-0.39, 0.29) is 27.6 Å². The van der Waals surface area contributed by atoms with Crippen molar-refractivity contribution in [3.8, 4) is 0 Å². The number of nitrogens with one attached hydrogen (secondary N) is 1. The molecule has 9 nitrogen and oxygen atoms in total. The van der Waals surface area contributed by atoms with Gasteiger partial charge in [-0.3, -0.25) is 9.52 Å². The topological polar surface area (TPSA) is 119 Å². The lowest BCUT2D eigenvalue weighted by Crippen LogP contribution is -2.38. The highest BCUT2D eigenvalue weighted by atomic mass is 32.2. The quantitative estimate of drug-likeness (QED) is 0.434. The Balaban J connectivity index is 1.96. The van der Waals surface area contributed by atoms with Crippen LogP contribution in [0.5, 0.6) is 0 Å². The van der Waals surface area contributed by atoms with Crippen molar-refractivity contribution in [2.75, 3.05) is 38.3 Å². The van der Waals surface area contributed by atoms with Crippen molar-refractivity contribution in [2.24, 2.45) is 5.92 Å². The van der Waals surface area contributed by atoms with Gasteiger partial charge in [0.15, 0.2) is 0 Å². The number of nitrogens with zero attached hydrogens (tertiary/aromatic N) is 1. The molecule has 0 aromatic heterocycles. The number of ether oxygens (including phenoxy) is 2. The SMILES string of the molecule is COC(=O)c1cc(NS(=O)(=O)c2ccc(SC)c(C(=O)N3CCC(C)CC3)c2)cc(C(=O)OC)c1. The number of anilines is 1. The van der Waals surface area contributed by atoms with Crippen LogP contribution in [0.25, 0.3) is 0 Å². The van der Waals surface area contributed by atoms with Gasteiger partial charge in [-0.25, -0.2) is 18.0 Å². The normalized spacial score (nSPS) is 14.3. The molecule has 0 spiro atoms. The molecule has 1 heterocycles. The molecule has 1 aliphatic heterocycles. The molecule has 0 radical (unpaired) electrons. The molecule has 35 heavy (non-hydrogen) atoms. The molecule has 188 valence electrons. The van der Waals surface area contributed by atoms with E-state index in [1.807, 2.05) is 6.26 Å². The summed E-state index contributed by atoms with van der Waals surface area (Å²) in [6.07, 6.45) is 3.63. The van der Waals surface area contributed by atoms with E-state index in [1.54, 1.807) is 11.0 Å². The average molecular weight is 521 g/mol. The summed E-state index contributed by atoms with van der Waals surface area (Å²) < 4.78 is 38.2. The van der Waals surface area contributed by atoms with Gasteiger partial charge >= 0.3 is 11.9 Å². The summed E-state index contributed by atoms with van der Waals surface area (Å²) in [5.74, 6) is -1.15. The van der Waals surface area contributed by atoms with Gasteiger partial charge in [-0.1, -0.05) is 6.92 Å². The van der Waals surface area contributed by atoms with Gasteiger partial charge in [-0.05, 0) is 61.4 Å². The van der Waals surface area contributed by atoms with Crippen molar-refractivity contribution in [2.45, 2.75) is 29.6 Å². The van der Waals surface area contributed by atoms with Crippen LogP contribution in [0.15, 0.2) is 46.2 Å². The number of thioether (sulfide) groups is 1. The maximum Gasteiger partial charge on any atom is 0.337 e. The monoisotopic (exact) mass is 520 g/mol. The van der Waals surface area contributed by atoms with Gasteiger partial charge in [-0.15, -0.1) is 11.8 Å². The van der Waals surface area contributed by atoms with Crippen LogP contribution in [-0.2, 0) is 19.5 Å². The molecular formula is C24H28N2O7S2. The number of hydrogen-bond acceptors (Lipinski definition) is 8. The van der Waals surface area contributed by atoms with E-state index < -0.39 is 22.0 Å². The maximum atomic E-state index is 13.2. The summed E-state index contributed by atoms with van der Waals surface area (Å²) in [5, 5.41) is 0. The first-order chi connectivity index (χ1) is 16.6. The number of sulfonamides is 1. The smallest absolute Gasteiger partial charge is 0.337 e. The Bertz CT molecular complexity index is 1200. The largest absolute Gasteiger partial charge is 0.465 e. The Labute approximate surface area is 209 Å². The van der Waals surface area contributed by atoms with E-state index >= 15 is 0 Å². The molecular weight excluding hydrogens is 492 g/mol. The van der Waals surface area contributed by atoms with Gasteiger partial charge in [0, 0.05) is 18.0 Å². The third-order valence-corrected chi connectivity index (χ3v) is 7.98. The minimum atomic E-state index is -4.17. The van der Waals surface area contributed by atoms with Crippen molar-refractivity contribution >= 4 is 45.3 Å². The Morgan fingerprint density at radius 2 is 1.54 bits per heavy atom. The predicted molar refractivity (Wildman–Crippen MR) is 132 cm³/mol. The molecule has 2 aromatic carbocycles. The van der Waals surface area contributed by atoms with Crippen LogP contribution in [-0.4, -0.2) is 64.7 Å². The highest BCUT2D eigenvalue weighted by molar-refractivity contribution is 7.98. The standard InChI is InChI=1S/C24H28N2O7S2/c1-15-7-9-26(10-8-15)22(27)20-14-19(5-6-21(20)34-4)35(30,31)25-18-12-16(23(28)32-2)11-17(13-18)24(29)33-3/h5-6,11-15,25H,7-10H2,1-4H3. The second kappa shape index (κ2) is 11.1. The predicted octanol–water partition coefficient (Wildman–Crippen LogP) is 3.65. The molecule has 0 aliphatic carbocycles. The van der Waals surface area contributed by atoms with Crippen molar-refractivity contribution < 1.29 is 32.3 Å². The number of carbonyl (C=O) groups excluding carboxylic acids is 3. The fourth-order valence-corrected chi connectivity index (χ4v) is 5.41. The molecule has 0 saturated carbocycles. The van der Waals surface area contributed by atoms with E-state index in [0.29, 0.717) is 29.5 Å². The van der Waals surface area contributed by atoms with Crippen LogP contribution in [0.1, 0.15) is 50.8 Å². The van der Waals surface area contributed by atoms with Gasteiger partial charge in [0.1, 0.15) is 0 Å². The first-order valence-electron chi connectivity index (χ1n) is 10.9. The summed E-state index contributed by atoms with van der Waals surface area (Å²) in [5.41, 5.74) is 0.232. The molecule has 3 rings (SSSR count). The number of amides is 1. The fraction of sp³-hybridized carbons (Fsp3) is 0.375. The molecule has 1 fully saturated rings. The number of hydrogen-bond donors (Lipinski definition) is 1. The lowest BCUT2D eigenvalue weighted by atomic mass is 9.98. The van der Waals surface area contributed by atoms with Crippen LogP contribution in [0.3, 0.4) is 0 Å². The fourth-order valence-electron chi connectivity index (χ4n) is 3.78. The van der Waals surface area contributed by atoms with Crippen molar-refractivity contribution in [1.29, 1.82) is 0 Å². The number of esters is 2. The Kier molecular flexibility index (Phi) is 8.44. The molecule has 11 heteroatoms. The van der Waals surface area contributed by atoms with Crippen LogP contribution >= 0.6 is 11.8 Å². The second-order valence-corrected chi connectivity index (χ2v) is 10.8. The van der Waals surface area contributed by atoms with Crippen LogP contribution < -0.4 is 4.72 Å². The highest BCUT2D eigenvalue weighted by Gasteiger charge is 2.26. The van der Waals surface area contributed by atoms with Crippen LogP contribution in [0, 0.1) is 5.92 Å². The van der Waals surface area contributed by atoms with Crippen molar-refractivity contribution in [1.82, 2.24) is 4.90 Å². The van der Waals surface area contributed by atoms with Crippen LogP contribution in [0.4, 0.5) is 5.69 Å². The maximum absolute atomic E-state index is 13.2. The first-order valence-corrected chi connectivity index (χ1v) is 13.6. The number of piperidine rings is 1. The van der Waals surface area contributed by atoms with Gasteiger partial charge in [0.25, 0.3) is 15.9 Å². The number of likely N-dealkylation sites (tertiary alicyclic amines) is 1. The lowest BCUT2D eigenvalue weighted by Gasteiger charge is -2.30. The number of benzene rings is 2. The van der Waals surface area contributed by atoms with Gasteiger partial charge in [0.05, 0.1) is 41.5 Å². The summed E-state index contributed by atoms with van der Waals surface area (Å²) in [7, 11) is -1.82. The second-order valence-electron chi connectivity index (χ2n) is 8.22. The Hall–Kier alpha value is -3.05. The van der Waals surface area contributed by atoms with E-state index in [1.165, 1.54) is 56.3 Å². The first kappa shape index (κ1) is 26.6. The molecule has 1 amide bonds. The minimum Gasteiger partial charge on any atom is -0.465 e. The molecule has 1 N–H and O–H groups in total.